The molecule has 0 aliphatic carbocycles. The minimum atomic E-state index is -0.356. The van der Waals surface area contributed by atoms with E-state index in [-0.39, 0.29) is 5.97 Å². The number of hydrogen-bond donors (Lipinski definition) is 2. The zero-order chi connectivity index (χ0) is 14.7. The van der Waals surface area contributed by atoms with Crippen LogP contribution in [-0.2, 0) is 6.42 Å². The number of fused-ring (bicyclic) bond motifs is 1. The Kier molecular flexibility index (Phi) is 3.71. The van der Waals surface area contributed by atoms with E-state index in [0.717, 1.165) is 22.9 Å². The average Bonchev–Trinajstić information content (AvgIpc) is 2.91. The van der Waals surface area contributed by atoms with Gasteiger partial charge in [0.1, 0.15) is 5.75 Å². The minimum absolute atomic E-state index is 0.356. The van der Waals surface area contributed by atoms with Crippen LogP contribution in [0.1, 0.15) is 15.9 Å². The van der Waals surface area contributed by atoms with Crippen LogP contribution in [0.2, 0.25) is 0 Å². The molecule has 4 heteroatoms. The Bertz CT molecular complexity index is 763. The number of nitrogens with two attached hydrogens (primary N) is 1. The van der Waals surface area contributed by atoms with Crippen molar-refractivity contribution in [1.82, 2.24) is 4.98 Å². The Morgan fingerprint density at radius 1 is 1.14 bits per heavy atom. The smallest absolute Gasteiger partial charge is 0.343 e. The van der Waals surface area contributed by atoms with Gasteiger partial charge in [0, 0.05) is 17.1 Å². The Hall–Kier alpha value is -2.59. The molecule has 1 heterocycles. The molecule has 0 spiro atoms. The first-order valence-corrected chi connectivity index (χ1v) is 6.85. The molecule has 106 valence electrons. The van der Waals surface area contributed by atoms with Gasteiger partial charge in [-0.25, -0.2) is 4.79 Å². The number of H-pyrrole nitrogens is 1. The molecule has 0 radical (unpaired) electrons. The molecular weight excluding hydrogens is 264 g/mol. The van der Waals surface area contributed by atoms with Gasteiger partial charge in [-0.2, -0.15) is 0 Å². The van der Waals surface area contributed by atoms with E-state index in [0.29, 0.717) is 17.9 Å². The molecule has 0 bridgehead atoms. The monoisotopic (exact) mass is 280 g/mol. The summed E-state index contributed by atoms with van der Waals surface area (Å²) in [5.41, 5.74) is 8.28. The zero-order valence-corrected chi connectivity index (χ0v) is 11.5. The lowest BCUT2D eigenvalue weighted by Gasteiger charge is -2.05. The second-order valence-corrected chi connectivity index (χ2v) is 4.82. The van der Waals surface area contributed by atoms with E-state index >= 15 is 0 Å². The molecule has 0 saturated heterocycles. The first-order chi connectivity index (χ1) is 10.3. The van der Waals surface area contributed by atoms with Gasteiger partial charge in [-0.3, -0.25) is 0 Å². The molecule has 3 rings (SSSR count). The van der Waals surface area contributed by atoms with Crippen LogP contribution in [0.5, 0.6) is 5.75 Å². The number of hydrogen-bond acceptors (Lipinski definition) is 3. The van der Waals surface area contributed by atoms with E-state index in [1.807, 2.05) is 36.5 Å². The predicted molar refractivity (Wildman–Crippen MR) is 82.5 cm³/mol. The van der Waals surface area contributed by atoms with Crippen LogP contribution < -0.4 is 10.5 Å². The topological polar surface area (TPSA) is 68.1 Å². The molecule has 21 heavy (non-hydrogen) atoms. The average molecular weight is 280 g/mol. The summed E-state index contributed by atoms with van der Waals surface area (Å²) in [6, 6.07) is 14.5. The summed E-state index contributed by atoms with van der Waals surface area (Å²) in [7, 11) is 0. The van der Waals surface area contributed by atoms with Crippen LogP contribution in [0.3, 0.4) is 0 Å². The largest absolute Gasteiger partial charge is 0.423 e. The van der Waals surface area contributed by atoms with Gasteiger partial charge in [0.05, 0.1) is 5.56 Å². The Labute approximate surface area is 122 Å². The molecule has 0 atom stereocenters. The standard InChI is InChI=1S/C17H16N2O2/c18-9-8-13-11-19-16-7-6-14(10-15(13)16)21-17(20)12-4-2-1-3-5-12/h1-7,10-11,19H,8-9,18H2. The van der Waals surface area contributed by atoms with Gasteiger partial charge in [-0.1, -0.05) is 18.2 Å². The fourth-order valence-electron chi connectivity index (χ4n) is 2.32. The summed E-state index contributed by atoms with van der Waals surface area (Å²) < 4.78 is 5.43. The van der Waals surface area contributed by atoms with Crippen LogP contribution in [0.25, 0.3) is 10.9 Å². The van der Waals surface area contributed by atoms with Gasteiger partial charge in [0.25, 0.3) is 0 Å². The maximum Gasteiger partial charge on any atom is 0.343 e. The van der Waals surface area contributed by atoms with E-state index in [9.17, 15) is 4.79 Å². The number of rotatable bonds is 4. The van der Waals surface area contributed by atoms with E-state index < -0.39 is 0 Å². The number of aromatic amines is 1. The van der Waals surface area contributed by atoms with Gasteiger partial charge in [0.15, 0.2) is 0 Å². The quantitative estimate of drug-likeness (QED) is 0.570. The maximum atomic E-state index is 12.0. The molecule has 0 fully saturated rings. The summed E-state index contributed by atoms with van der Waals surface area (Å²) >= 11 is 0. The van der Waals surface area contributed by atoms with Crippen molar-refractivity contribution < 1.29 is 9.53 Å². The van der Waals surface area contributed by atoms with Crippen molar-refractivity contribution in [3.63, 3.8) is 0 Å². The van der Waals surface area contributed by atoms with Crippen molar-refractivity contribution in [2.45, 2.75) is 6.42 Å². The van der Waals surface area contributed by atoms with Crippen molar-refractivity contribution in [1.29, 1.82) is 0 Å². The lowest BCUT2D eigenvalue weighted by molar-refractivity contribution is 0.0735. The van der Waals surface area contributed by atoms with E-state index in [4.69, 9.17) is 10.5 Å². The van der Waals surface area contributed by atoms with Crippen LogP contribution in [-0.4, -0.2) is 17.5 Å². The van der Waals surface area contributed by atoms with Gasteiger partial charge in [-0.05, 0) is 48.9 Å². The molecule has 3 N–H and O–H groups in total. The van der Waals surface area contributed by atoms with Gasteiger partial charge in [0.2, 0.25) is 0 Å². The van der Waals surface area contributed by atoms with Crippen LogP contribution >= 0.6 is 0 Å². The fourth-order valence-corrected chi connectivity index (χ4v) is 2.32. The number of aromatic nitrogens is 1. The third-order valence-corrected chi connectivity index (χ3v) is 3.37. The molecular formula is C17H16N2O2. The third kappa shape index (κ3) is 2.80. The fraction of sp³-hybridized carbons (Fsp3) is 0.118. The number of ether oxygens (including phenoxy) is 1. The van der Waals surface area contributed by atoms with Gasteiger partial charge < -0.3 is 15.5 Å². The first kappa shape index (κ1) is 13.4. The summed E-state index contributed by atoms with van der Waals surface area (Å²) in [6.07, 6.45) is 2.73. The SMILES string of the molecule is NCCc1c[nH]c2ccc(OC(=O)c3ccccc3)cc12. The van der Waals surface area contributed by atoms with Gasteiger partial charge >= 0.3 is 5.97 Å². The predicted octanol–water partition coefficient (Wildman–Crippen LogP) is 2.89. The summed E-state index contributed by atoms with van der Waals surface area (Å²) in [6.45, 7) is 0.584. The highest BCUT2D eigenvalue weighted by molar-refractivity contribution is 5.92. The van der Waals surface area contributed by atoms with Crippen LogP contribution in [0.15, 0.2) is 54.7 Å². The molecule has 0 amide bonds. The second-order valence-electron chi connectivity index (χ2n) is 4.82. The molecule has 0 saturated carbocycles. The normalized spacial score (nSPS) is 10.7. The molecule has 0 unspecified atom stereocenters. The van der Waals surface area contributed by atoms with Crippen molar-refractivity contribution in [2.75, 3.05) is 6.54 Å². The van der Waals surface area contributed by atoms with Crippen LogP contribution in [0.4, 0.5) is 0 Å². The Balaban J connectivity index is 1.87. The molecule has 1 aromatic heterocycles. The molecule has 4 nitrogen and oxygen atoms in total. The minimum Gasteiger partial charge on any atom is -0.423 e. The highest BCUT2D eigenvalue weighted by Gasteiger charge is 2.10. The number of benzene rings is 2. The molecule has 0 aliphatic heterocycles. The van der Waals surface area contributed by atoms with E-state index in [2.05, 4.69) is 4.98 Å². The van der Waals surface area contributed by atoms with Gasteiger partial charge in [-0.15, -0.1) is 0 Å². The van der Waals surface area contributed by atoms with E-state index in [1.165, 1.54) is 0 Å². The van der Waals surface area contributed by atoms with Crippen molar-refractivity contribution in [3.05, 3.63) is 65.9 Å². The Morgan fingerprint density at radius 3 is 2.71 bits per heavy atom. The number of carbonyl (C=O) groups is 1. The van der Waals surface area contributed by atoms with Crippen molar-refractivity contribution >= 4 is 16.9 Å². The highest BCUT2D eigenvalue weighted by atomic mass is 16.5. The van der Waals surface area contributed by atoms with E-state index in [1.54, 1.807) is 18.2 Å². The first-order valence-electron chi connectivity index (χ1n) is 6.85. The summed E-state index contributed by atoms with van der Waals surface area (Å²) in [5, 5.41) is 1.04. The number of esters is 1. The molecule has 2 aromatic carbocycles. The molecule has 3 aromatic rings. The number of carbonyl (C=O) groups excluding carboxylic acids is 1. The van der Waals surface area contributed by atoms with Crippen LogP contribution in [0, 0.1) is 0 Å². The lowest BCUT2D eigenvalue weighted by atomic mass is 10.1. The second kappa shape index (κ2) is 5.81. The number of nitrogens with one attached hydrogen (secondary N) is 1. The van der Waals surface area contributed by atoms with Crippen molar-refractivity contribution in [3.8, 4) is 5.75 Å². The van der Waals surface area contributed by atoms with Crippen molar-refractivity contribution in [2.24, 2.45) is 5.73 Å². The highest BCUT2D eigenvalue weighted by Crippen LogP contribution is 2.24. The summed E-state index contributed by atoms with van der Waals surface area (Å²) in [5.74, 6) is 0.181. The maximum absolute atomic E-state index is 12.0. The lowest BCUT2D eigenvalue weighted by Crippen LogP contribution is -2.08. The Morgan fingerprint density at radius 2 is 1.95 bits per heavy atom. The third-order valence-electron chi connectivity index (χ3n) is 3.37. The zero-order valence-electron chi connectivity index (χ0n) is 11.5. The molecule has 0 aliphatic rings. The summed E-state index contributed by atoms with van der Waals surface area (Å²) in [4.78, 5) is 15.2.